The number of fused-ring (bicyclic) bond motifs is 1. The fourth-order valence-electron chi connectivity index (χ4n) is 3.29. The maximum atomic E-state index is 2.48. The third kappa shape index (κ3) is 4.45. The molecule has 0 saturated heterocycles. The number of hydrogen-bond donors (Lipinski definition) is 0. The summed E-state index contributed by atoms with van der Waals surface area (Å²) in [5, 5.41) is 0. The number of anilines is 2. The monoisotopic (exact) mass is 339 g/mol. The van der Waals surface area contributed by atoms with Crippen molar-refractivity contribution in [3.8, 4) is 0 Å². The fourth-order valence-corrected chi connectivity index (χ4v) is 3.29. The summed E-state index contributed by atoms with van der Waals surface area (Å²) >= 11 is 0. The normalized spacial score (nSPS) is 18.5. The zero-order valence-electron chi connectivity index (χ0n) is 17.7. The van der Waals surface area contributed by atoms with Crippen LogP contribution in [0, 0.1) is 0 Å². The largest absolute Gasteiger partial charge is 0.338 e. The molecule has 2 aromatic carbocycles. The lowest BCUT2D eigenvalue weighted by Gasteiger charge is -2.28. The van der Waals surface area contributed by atoms with Crippen molar-refractivity contribution in [3.05, 3.63) is 59.7 Å². The number of nitrogens with zero attached hydrogens (tertiary/aromatic N) is 1. The van der Waals surface area contributed by atoms with E-state index in [-0.39, 0.29) is 5.41 Å². The quantitative estimate of drug-likeness (QED) is 0.515. The zero-order chi connectivity index (χ0) is 19.2. The van der Waals surface area contributed by atoms with E-state index in [1.165, 1.54) is 22.5 Å². The van der Waals surface area contributed by atoms with Gasteiger partial charge in [-0.2, -0.15) is 0 Å². The number of benzene rings is 2. The summed E-state index contributed by atoms with van der Waals surface area (Å²) in [5.41, 5.74) is 5.72. The minimum Gasteiger partial charge on any atom is -0.338 e. The van der Waals surface area contributed by atoms with Gasteiger partial charge in [-0.1, -0.05) is 85.7 Å². The molecule has 25 heavy (non-hydrogen) atoms. The summed E-state index contributed by atoms with van der Waals surface area (Å²) in [4.78, 5) is 2.48. The predicted molar refractivity (Wildman–Crippen MR) is 114 cm³/mol. The maximum absolute atomic E-state index is 2.48. The summed E-state index contributed by atoms with van der Waals surface area (Å²) < 4.78 is 0. The molecule has 3 rings (SSSR count). The molecule has 1 heteroatoms. The molecule has 2 aromatic rings. The second-order valence-corrected chi connectivity index (χ2v) is 7.25. The second kappa shape index (κ2) is 9.08. The predicted octanol–water partition coefficient (Wildman–Crippen LogP) is 7.68. The van der Waals surface area contributed by atoms with E-state index in [9.17, 15) is 0 Å². The van der Waals surface area contributed by atoms with Crippen LogP contribution in [0.1, 0.15) is 79.4 Å². The SMILES string of the molecule is CC.CC.CC1c2ccccc2N(c2ccc(C(C)(C)C)cc2)C1C. The number of para-hydroxylation sites is 1. The lowest BCUT2D eigenvalue weighted by Crippen LogP contribution is -2.26. The third-order valence-corrected chi connectivity index (χ3v) is 4.83. The van der Waals surface area contributed by atoms with Gasteiger partial charge in [0, 0.05) is 23.3 Å². The Balaban J connectivity index is 0.000000730. The van der Waals surface area contributed by atoms with Gasteiger partial charge in [-0.15, -0.1) is 0 Å². The Morgan fingerprint density at radius 3 is 1.80 bits per heavy atom. The molecule has 1 aliphatic rings. The van der Waals surface area contributed by atoms with Gasteiger partial charge in [0.1, 0.15) is 0 Å². The number of rotatable bonds is 1. The zero-order valence-corrected chi connectivity index (χ0v) is 17.7. The van der Waals surface area contributed by atoms with Crippen molar-refractivity contribution in [2.24, 2.45) is 0 Å². The molecule has 0 fully saturated rings. The highest BCUT2D eigenvalue weighted by Gasteiger charge is 2.33. The summed E-state index contributed by atoms with van der Waals surface area (Å²) in [6.45, 7) is 19.4. The highest BCUT2D eigenvalue weighted by Crippen LogP contribution is 2.44. The van der Waals surface area contributed by atoms with Crippen LogP contribution in [0.5, 0.6) is 0 Å². The van der Waals surface area contributed by atoms with Crippen molar-refractivity contribution in [3.63, 3.8) is 0 Å². The van der Waals surface area contributed by atoms with Gasteiger partial charge in [0.15, 0.2) is 0 Å². The Kier molecular flexibility index (Phi) is 7.73. The first-order valence-corrected chi connectivity index (χ1v) is 9.88. The molecule has 0 saturated carbocycles. The molecular formula is C24H37N. The Hall–Kier alpha value is -1.76. The van der Waals surface area contributed by atoms with Crippen molar-refractivity contribution in [2.75, 3.05) is 4.90 Å². The van der Waals surface area contributed by atoms with E-state index in [4.69, 9.17) is 0 Å². The van der Waals surface area contributed by atoms with Gasteiger partial charge in [0.05, 0.1) is 0 Å². The lowest BCUT2D eigenvalue weighted by molar-refractivity contribution is 0.590. The van der Waals surface area contributed by atoms with Gasteiger partial charge in [-0.25, -0.2) is 0 Å². The minimum atomic E-state index is 0.209. The van der Waals surface area contributed by atoms with Crippen molar-refractivity contribution in [2.45, 2.75) is 79.7 Å². The van der Waals surface area contributed by atoms with Gasteiger partial charge in [-0.05, 0) is 41.7 Å². The van der Waals surface area contributed by atoms with E-state index >= 15 is 0 Å². The molecule has 0 amide bonds. The molecule has 0 aliphatic carbocycles. The molecule has 0 bridgehead atoms. The molecule has 2 atom stereocenters. The van der Waals surface area contributed by atoms with Crippen LogP contribution in [0.4, 0.5) is 11.4 Å². The van der Waals surface area contributed by atoms with E-state index in [0.29, 0.717) is 12.0 Å². The van der Waals surface area contributed by atoms with E-state index in [1.54, 1.807) is 0 Å². The van der Waals surface area contributed by atoms with Crippen LogP contribution < -0.4 is 4.90 Å². The Morgan fingerprint density at radius 2 is 1.28 bits per heavy atom. The van der Waals surface area contributed by atoms with Crippen LogP contribution in [0.2, 0.25) is 0 Å². The molecule has 1 nitrogen and oxygen atoms in total. The first-order valence-electron chi connectivity index (χ1n) is 9.88. The Morgan fingerprint density at radius 1 is 0.760 bits per heavy atom. The van der Waals surface area contributed by atoms with E-state index in [2.05, 4.69) is 88.0 Å². The van der Waals surface area contributed by atoms with Crippen molar-refractivity contribution in [1.82, 2.24) is 0 Å². The molecular weight excluding hydrogens is 302 g/mol. The Bertz CT molecular complexity index is 634. The molecule has 0 spiro atoms. The van der Waals surface area contributed by atoms with E-state index in [0.717, 1.165) is 0 Å². The highest BCUT2D eigenvalue weighted by atomic mass is 15.2. The van der Waals surface area contributed by atoms with E-state index < -0.39 is 0 Å². The van der Waals surface area contributed by atoms with E-state index in [1.807, 2.05) is 27.7 Å². The van der Waals surface area contributed by atoms with Crippen LogP contribution in [-0.4, -0.2) is 6.04 Å². The van der Waals surface area contributed by atoms with Crippen molar-refractivity contribution < 1.29 is 0 Å². The lowest BCUT2D eigenvalue weighted by atomic mass is 9.87. The van der Waals surface area contributed by atoms with Crippen LogP contribution in [0.15, 0.2) is 48.5 Å². The molecule has 1 heterocycles. The van der Waals surface area contributed by atoms with Crippen molar-refractivity contribution in [1.29, 1.82) is 0 Å². The first-order chi connectivity index (χ1) is 11.9. The maximum Gasteiger partial charge on any atom is 0.0449 e. The van der Waals surface area contributed by atoms with Gasteiger partial charge >= 0.3 is 0 Å². The molecule has 1 aliphatic heterocycles. The van der Waals surface area contributed by atoms with Gasteiger partial charge < -0.3 is 4.90 Å². The molecule has 138 valence electrons. The average molecular weight is 340 g/mol. The molecule has 0 aromatic heterocycles. The average Bonchev–Trinajstić information content (AvgIpc) is 2.89. The molecule has 0 N–H and O–H groups in total. The van der Waals surface area contributed by atoms with Crippen LogP contribution in [0.25, 0.3) is 0 Å². The minimum absolute atomic E-state index is 0.209. The Labute approximate surface area is 156 Å². The van der Waals surface area contributed by atoms with Crippen LogP contribution in [0.3, 0.4) is 0 Å². The summed E-state index contributed by atoms with van der Waals surface area (Å²) in [6, 6.07) is 18.4. The smallest absolute Gasteiger partial charge is 0.0449 e. The first kappa shape index (κ1) is 21.3. The summed E-state index contributed by atoms with van der Waals surface area (Å²) in [7, 11) is 0. The highest BCUT2D eigenvalue weighted by molar-refractivity contribution is 5.72. The molecule has 0 radical (unpaired) electrons. The second-order valence-electron chi connectivity index (χ2n) is 7.25. The third-order valence-electron chi connectivity index (χ3n) is 4.83. The number of hydrogen-bond acceptors (Lipinski definition) is 1. The fraction of sp³-hybridized carbons (Fsp3) is 0.500. The van der Waals surface area contributed by atoms with Crippen LogP contribution in [-0.2, 0) is 5.41 Å². The van der Waals surface area contributed by atoms with Gasteiger partial charge in [-0.3, -0.25) is 0 Å². The van der Waals surface area contributed by atoms with Gasteiger partial charge in [0.2, 0.25) is 0 Å². The standard InChI is InChI=1S/C20H25N.2C2H6/c1-14-15(2)21(19-9-7-6-8-18(14)19)17-12-10-16(11-13-17)20(3,4)5;2*1-2/h6-15H,1-5H3;2*1-2H3. The topological polar surface area (TPSA) is 3.24 Å². The summed E-state index contributed by atoms with van der Waals surface area (Å²) in [5.74, 6) is 0.573. The summed E-state index contributed by atoms with van der Waals surface area (Å²) in [6.07, 6.45) is 0. The molecule has 2 unspecified atom stereocenters. The van der Waals surface area contributed by atoms with Crippen LogP contribution >= 0.6 is 0 Å². The van der Waals surface area contributed by atoms with Crippen molar-refractivity contribution >= 4 is 11.4 Å². The van der Waals surface area contributed by atoms with Gasteiger partial charge in [0.25, 0.3) is 0 Å².